The van der Waals surface area contributed by atoms with E-state index in [4.69, 9.17) is 9.40 Å². The quantitative estimate of drug-likeness (QED) is 0.196. The van der Waals surface area contributed by atoms with E-state index < -0.39 is 0 Å². The largest absolute Gasteiger partial charge is 0.455 e. The van der Waals surface area contributed by atoms with Gasteiger partial charge in [0.05, 0.1) is 5.69 Å². The van der Waals surface area contributed by atoms with Crippen molar-refractivity contribution in [3.63, 3.8) is 0 Å². The van der Waals surface area contributed by atoms with Crippen molar-refractivity contribution in [2.24, 2.45) is 0 Å². The molecule has 0 spiro atoms. The van der Waals surface area contributed by atoms with E-state index in [-0.39, 0.29) is 0 Å². The van der Waals surface area contributed by atoms with Crippen molar-refractivity contribution < 1.29 is 4.42 Å². The summed E-state index contributed by atoms with van der Waals surface area (Å²) in [5.74, 6) is 0. The first-order valence-corrected chi connectivity index (χ1v) is 15.3. The van der Waals surface area contributed by atoms with E-state index in [1.54, 1.807) is 0 Å². The van der Waals surface area contributed by atoms with Crippen LogP contribution in [-0.2, 0) is 0 Å². The lowest BCUT2D eigenvalue weighted by Crippen LogP contribution is -1.92. The van der Waals surface area contributed by atoms with Gasteiger partial charge in [-0.15, -0.1) is 0 Å². The van der Waals surface area contributed by atoms with Crippen LogP contribution in [0.4, 0.5) is 0 Å². The average Bonchev–Trinajstić information content (AvgIpc) is 3.50. The van der Waals surface area contributed by atoms with Crippen molar-refractivity contribution in [3.8, 4) is 44.6 Å². The first kappa shape index (κ1) is 25.5. The summed E-state index contributed by atoms with van der Waals surface area (Å²) in [6, 6.07) is 55.8. The van der Waals surface area contributed by atoms with Gasteiger partial charge in [0.15, 0.2) is 0 Å². The van der Waals surface area contributed by atoms with Gasteiger partial charge in [0, 0.05) is 28.1 Å². The summed E-state index contributed by atoms with van der Waals surface area (Å²) in [5.41, 5.74) is 10.9. The van der Waals surface area contributed by atoms with E-state index in [9.17, 15) is 0 Å². The molecule has 0 amide bonds. The second-order valence-corrected chi connectivity index (χ2v) is 11.5. The maximum atomic E-state index is 6.32. The molecular formula is C43H27NO. The summed E-state index contributed by atoms with van der Waals surface area (Å²) >= 11 is 0. The highest BCUT2D eigenvalue weighted by molar-refractivity contribution is 6.21. The maximum Gasteiger partial charge on any atom is 0.144 e. The number of para-hydroxylation sites is 2. The van der Waals surface area contributed by atoms with Crippen LogP contribution < -0.4 is 0 Å². The summed E-state index contributed by atoms with van der Waals surface area (Å²) in [5, 5.41) is 7.13. The molecule has 2 heteroatoms. The van der Waals surface area contributed by atoms with E-state index in [2.05, 4.69) is 146 Å². The SMILES string of the molecule is c1ccc(-c2ccc(-c3c4ccccc4c(-c4ccc(-c5cccc6c5oc5ccccc56)nc4)c4ccccc34)cc2)cc1. The van der Waals surface area contributed by atoms with E-state index in [0.717, 1.165) is 38.8 Å². The van der Waals surface area contributed by atoms with Crippen molar-refractivity contribution >= 4 is 43.5 Å². The van der Waals surface area contributed by atoms with Gasteiger partial charge in [-0.05, 0) is 67.6 Å². The highest BCUT2D eigenvalue weighted by Gasteiger charge is 2.18. The fraction of sp³-hybridized carbons (Fsp3) is 0. The zero-order valence-corrected chi connectivity index (χ0v) is 24.4. The molecule has 0 atom stereocenters. The molecule has 0 aliphatic carbocycles. The summed E-state index contributed by atoms with van der Waals surface area (Å²) in [4.78, 5) is 5.02. The Morgan fingerprint density at radius 1 is 0.356 bits per heavy atom. The average molecular weight is 574 g/mol. The minimum atomic E-state index is 0.873. The molecule has 2 aromatic heterocycles. The Bertz CT molecular complexity index is 2450. The number of nitrogens with zero attached hydrogens (tertiary/aromatic N) is 1. The summed E-state index contributed by atoms with van der Waals surface area (Å²) in [6.45, 7) is 0. The van der Waals surface area contributed by atoms with Gasteiger partial charge in [0.2, 0.25) is 0 Å². The van der Waals surface area contributed by atoms with Gasteiger partial charge in [-0.1, -0.05) is 140 Å². The molecule has 0 saturated carbocycles. The minimum absolute atomic E-state index is 0.873. The molecule has 0 aliphatic heterocycles. The molecule has 9 rings (SSSR count). The van der Waals surface area contributed by atoms with Gasteiger partial charge >= 0.3 is 0 Å². The van der Waals surface area contributed by atoms with Gasteiger partial charge in [0.25, 0.3) is 0 Å². The lowest BCUT2D eigenvalue weighted by Gasteiger charge is -2.18. The topological polar surface area (TPSA) is 26.0 Å². The van der Waals surface area contributed by atoms with Gasteiger partial charge in [-0.2, -0.15) is 0 Å². The van der Waals surface area contributed by atoms with Crippen LogP contribution in [0, 0.1) is 0 Å². The highest BCUT2D eigenvalue weighted by atomic mass is 16.3. The third kappa shape index (κ3) is 4.15. The smallest absolute Gasteiger partial charge is 0.144 e. The number of furan rings is 1. The first-order chi connectivity index (χ1) is 22.3. The Balaban J connectivity index is 1.20. The lowest BCUT2D eigenvalue weighted by atomic mass is 9.86. The van der Waals surface area contributed by atoms with Crippen LogP contribution in [0.5, 0.6) is 0 Å². The second kappa shape index (κ2) is 10.3. The van der Waals surface area contributed by atoms with Crippen LogP contribution in [0.15, 0.2) is 168 Å². The summed E-state index contributed by atoms with van der Waals surface area (Å²) < 4.78 is 6.32. The van der Waals surface area contributed by atoms with Crippen molar-refractivity contribution in [2.75, 3.05) is 0 Å². The summed E-state index contributed by atoms with van der Waals surface area (Å²) in [6.07, 6.45) is 2.01. The van der Waals surface area contributed by atoms with Crippen LogP contribution in [0.3, 0.4) is 0 Å². The highest BCUT2D eigenvalue weighted by Crippen LogP contribution is 2.44. The predicted octanol–water partition coefficient (Wildman–Crippen LogP) is 12.0. The van der Waals surface area contributed by atoms with Crippen LogP contribution in [0.2, 0.25) is 0 Å². The van der Waals surface area contributed by atoms with Crippen molar-refractivity contribution in [3.05, 3.63) is 164 Å². The number of fused-ring (bicyclic) bond motifs is 5. The number of hydrogen-bond donors (Lipinski definition) is 0. The Morgan fingerprint density at radius 2 is 0.867 bits per heavy atom. The fourth-order valence-corrected chi connectivity index (χ4v) is 6.86. The fourth-order valence-electron chi connectivity index (χ4n) is 6.86. The number of hydrogen-bond acceptors (Lipinski definition) is 2. The van der Waals surface area contributed by atoms with E-state index in [1.807, 2.05) is 18.3 Å². The molecule has 2 heterocycles. The van der Waals surface area contributed by atoms with Crippen molar-refractivity contribution in [2.45, 2.75) is 0 Å². The monoisotopic (exact) mass is 573 g/mol. The Morgan fingerprint density at radius 3 is 1.51 bits per heavy atom. The molecule has 0 saturated heterocycles. The van der Waals surface area contributed by atoms with Crippen LogP contribution in [0.25, 0.3) is 88.1 Å². The van der Waals surface area contributed by atoms with Crippen LogP contribution >= 0.6 is 0 Å². The molecular weight excluding hydrogens is 546 g/mol. The van der Waals surface area contributed by atoms with Crippen LogP contribution in [0.1, 0.15) is 0 Å². The second-order valence-electron chi connectivity index (χ2n) is 11.5. The molecule has 0 radical (unpaired) electrons. The molecule has 0 fully saturated rings. The van der Waals surface area contributed by atoms with E-state index in [1.165, 1.54) is 49.4 Å². The number of rotatable bonds is 4. The minimum Gasteiger partial charge on any atom is -0.455 e. The van der Waals surface area contributed by atoms with Crippen molar-refractivity contribution in [1.29, 1.82) is 0 Å². The molecule has 2 nitrogen and oxygen atoms in total. The van der Waals surface area contributed by atoms with Crippen LogP contribution in [-0.4, -0.2) is 4.98 Å². The molecule has 7 aromatic carbocycles. The van der Waals surface area contributed by atoms with Gasteiger partial charge in [-0.25, -0.2) is 0 Å². The van der Waals surface area contributed by atoms with Crippen molar-refractivity contribution in [1.82, 2.24) is 4.98 Å². The molecule has 0 unspecified atom stereocenters. The molecule has 0 N–H and O–H groups in total. The zero-order valence-electron chi connectivity index (χ0n) is 24.4. The number of benzene rings is 7. The number of pyridine rings is 1. The third-order valence-corrected chi connectivity index (χ3v) is 8.94. The Hall–Kier alpha value is -5.99. The Kier molecular flexibility index (Phi) is 5.85. The van der Waals surface area contributed by atoms with Gasteiger partial charge in [0.1, 0.15) is 11.2 Å². The zero-order chi connectivity index (χ0) is 29.7. The van der Waals surface area contributed by atoms with E-state index in [0.29, 0.717) is 0 Å². The normalized spacial score (nSPS) is 11.6. The first-order valence-electron chi connectivity index (χ1n) is 15.3. The lowest BCUT2D eigenvalue weighted by molar-refractivity contribution is 0.670. The Labute approximate surface area is 260 Å². The molecule has 9 aromatic rings. The standard InChI is InChI=1S/C43H27NO/c1-2-11-28(12-3-1)29-21-23-30(24-22-29)41-33-14-4-6-16-35(33)42(36-17-7-5-15-34(36)41)31-25-26-39(44-27-31)38-19-10-18-37-32-13-8-9-20-40(32)45-43(37)38/h1-27H. The number of aromatic nitrogens is 1. The molecule has 210 valence electrons. The molecule has 45 heavy (non-hydrogen) atoms. The van der Waals surface area contributed by atoms with E-state index >= 15 is 0 Å². The summed E-state index contributed by atoms with van der Waals surface area (Å²) in [7, 11) is 0. The molecule has 0 aliphatic rings. The maximum absolute atomic E-state index is 6.32. The third-order valence-electron chi connectivity index (χ3n) is 8.94. The molecule has 0 bridgehead atoms. The van der Waals surface area contributed by atoms with Gasteiger partial charge in [-0.3, -0.25) is 4.98 Å². The van der Waals surface area contributed by atoms with Gasteiger partial charge < -0.3 is 4.42 Å². The predicted molar refractivity (Wildman–Crippen MR) is 188 cm³/mol.